The Balaban J connectivity index is 2.22. The Morgan fingerprint density at radius 2 is 2.06 bits per heavy atom. The number of benzene rings is 1. The minimum absolute atomic E-state index is 0.201. The van der Waals surface area contributed by atoms with Crippen molar-refractivity contribution in [1.82, 2.24) is 14.9 Å². The molecule has 0 radical (unpaired) electrons. The summed E-state index contributed by atoms with van der Waals surface area (Å²) < 4.78 is 7.29. The molecule has 2 unspecified atom stereocenters. The van der Waals surface area contributed by atoms with Crippen LogP contribution in [0.15, 0.2) is 24.3 Å². The lowest BCUT2D eigenvalue weighted by atomic mass is 10.2. The first-order valence-electron chi connectivity index (χ1n) is 6.29. The summed E-state index contributed by atoms with van der Waals surface area (Å²) in [6.45, 7) is 4.95. The van der Waals surface area contributed by atoms with Gasteiger partial charge in [0.1, 0.15) is 5.82 Å². The first-order chi connectivity index (χ1) is 8.63. The molecule has 18 heavy (non-hydrogen) atoms. The summed E-state index contributed by atoms with van der Waals surface area (Å²) >= 11 is 0. The fraction of sp³-hybridized carbons (Fsp3) is 0.500. The lowest BCUT2D eigenvalue weighted by Crippen LogP contribution is -2.33. The van der Waals surface area contributed by atoms with Crippen LogP contribution in [0, 0.1) is 0 Å². The van der Waals surface area contributed by atoms with E-state index in [9.17, 15) is 0 Å². The van der Waals surface area contributed by atoms with Crippen LogP contribution in [-0.2, 0) is 11.8 Å². The number of imidazole rings is 1. The normalized spacial score (nSPS) is 14.9. The van der Waals surface area contributed by atoms with Gasteiger partial charge in [0.05, 0.1) is 23.7 Å². The van der Waals surface area contributed by atoms with E-state index in [0.717, 1.165) is 11.3 Å². The second-order valence-corrected chi connectivity index (χ2v) is 4.76. The Bertz CT molecular complexity index is 521. The minimum atomic E-state index is 0.201. The number of nitrogens with one attached hydrogen (secondary N) is 1. The number of fused-ring (bicyclic) bond motifs is 1. The molecule has 4 nitrogen and oxygen atoms in total. The highest BCUT2D eigenvalue weighted by molar-refractivity contribution is 5.75. The van der Waals surface area contributed by atoms with Crippen LogP contribution in [0.5, 0.6) is 0 Å². The summed E-state index contributed by atoms with van der Waals surface area (Å²) in [6.07, 6.45) is 0. The Labute approximate surface area is 108 Å². The smallest absolute Gasteiger partial charge is 0.126 e. The molecule has 0 fully saturated rings. The van der Waals surface area contributed by atoms with Crippen LogP contribution in [-0.4, -0.2) is 29.3 Å². The SMILES string of the molecule is COCC(C)NC(C)c1nc2ccccc2n1C. The van der Waals surface area contributed by atoms with Crippen molar-refractivity contribution in [3.05, 3.63) is 30.1 Å². The molecule has 2 aromatic rings. The highest BCUT2D eigenvalue weighted by atomic mass is 16.5. The molecule has 0 aliphatic rings. The molecule has 0 saturated heterocycles. The van der Waals surface area contributed by atoms with Gasteiger partial charge in [0, 0.05) is 20.2 Å². The molecule has 98 valence electrons. The number of hydrogen-bond donors (Lipinski definition) is 1. The topological polar surface area (TPSA) is 39.1 Å². The molecule has 2 rings (SSSR count). The number of nitrogens with zero attached hydrogens (tertiary/aromatic N) is 2. The van der Waals surface area contributed by atoms with Gasteiger partial charge in [-0.1, -0.05) is 12.1 Å². The van der Waals surface area contributed by atoms with Gasteiger partial charge in [-0.15, -0.1) is 0 Å². The third-order valence-corrected chi connectivity index (χ3v) is 3.16. The van der Waals surface area contributed by atoms with E-state index >= 15 is 0 Å². The van der Waals surface area contributed by atoms with Crippen molar-refractivity contribution < 1.29 is 4.74 Å². The second kappa shape index (κ2) is 5.50. The van der Waals surface area contributed by atoms with Gasteiger partial charge in [-0.3, -0.25) is 0 Å². The molecule has 4 heteroatoms. The lowest BCUT2D eigenvalue weighted by Gasteiger charge is -2.19. The minimum Gasteiger partial charge on any atom is -0.383 e. The summed E-state index contributed by atoms with van der Waals surface area (Å²) in [7, 11) is 3.78. The van der Waals surface area contributed by atoms with Crippen LogP contribution < -0.4 is 5.32 Å². The summed E-state index contributed by atoms with van der Waals surface area (Å²) in [5.41, 5.74) is 2.21. The van der Waals surface area contributed by atoms with Crippen molar-refractivity contribution in [2.24, 2.45) is 7.05 Å². The Morgan fingerprint density at radius 1 is 1.33 bits per heavy atom. The maximum Gasteiger partial charge on any atom is 0.126 e. The van der Waals surface area contributed by atoms with Gasteiger partial charge in [-0.05, 0) is 26.0 Å². The molecule has 0 spiro atoms. The number of hydrogen-bond acceptors (Lipinski definition) is 3. The van der Waals surface area contributed by atoms with Crippen molar-refractivity contribution in [2.45, 2.75) is 25.9 Å². The molecule has 1 heterocycles. The van der Waals surface area contributed by atoms with Crippen molar-refractivity contribution in [1.29, 1.82) is 0 Å². The Hall–Kier alpha value is -1.39. The Morgan fingerprint density at radius 3 is 2.72 bits per heavy atom. The van der Waals surface area contributed by atoms with E-state index in [-0.39, 0.29) is 6.04 Å². The van der Waals surface area contributed by atoms with E-state index in [4.69, 9.17) is 4.74 Å². The van der Waals surface area contributed by atoms with Gasteiger partial charge in [-0.25, -0.2) is 4.98 Å². The number of methoxy groups -OCH3 is 1. The second-order valence-electron chi connectivity index (χ2n) is 4.76. The molecule has 0 aliphatic heterocycles. The summed E-state index contributed by atoms with van der Waals surface area (Å²) in [5, 5.41) is 3.49. The maximum atomic E-state index is 5.14. The average molecular weight is 247 g/mol. The predicted molar refractivity (Wildman–Crippen MR) is 73.6 cm³/mol. The van der Waals surface area contributed by atoms with E-state index in [0.29, 0.717) is 12.6 Å². The summed E-state index contributed by atoms with van der Waals surface area (Å²) in [6, 6.07) is 8.71. The molecule has 0 saturated carbocycles. The third-order valence-electron chi connectivity index (χ3n) is 3.16. The number of ether oxygens (including phenoxy) is 1. The lowest BCUT2D eigenvalue weighted by molar-refractivity contribution is 0.167. The van der Waals surface area contributed by atoms with Crippen LogP contribution >= 0.6 is 0 Å². The maximum absolute atomic E-state index is 5.14. The van der Waals surface area contributed by atoms with Crippen molar-refractivity contribution in [3.63, 3.8) is 0 Å². The average Bonchev–Trinajstić information content (AvgIpc) is 2.68. The van der Waals surface area contributed by atoms with Gasteiger partial charge in [0.2, 0.25) is 0 Å². The molecule has 1 aromatic heterocycles. The molecular weight excluding hydrogens is 226 g/mol. The van der Waals surface area contributed by atoms with Crippen LogP contribution in [0.2, 0.25) is 0 Å². The van der Waals surface area contributed by atoms with Gasteiger partial charge in [0.25, 0.3) is 0 Å². The molecule has 0 amide bonds. The third kappa shape index (κ3) is 2.54. The van der Waals surface area contributed by atoms with Crippen LogP contribution in [0.1, 0.15) is 25.7 Å². The predicted octanol–water partition coefficient (Wildman–Crippen LogP) is 2.26. The molecular formula is C14H21N3O. The van der Waals surface area contributed by atoms with E-state index < -0.39 is 0 Å². The first kappa shape index (κ1) is 13.1. The molecule has 0 aliphatic carbocycles. The zero-order valence-corrected chi connectivity index (χ0v) is 11.5. The first-order valence-corrected chi connectivity index (χ1v) is 6.29. The molecule has 1 N–H and O–H groups in total. The Kier molecular flexibility index (Phi) is 3.99. The number of rotatable bonds is 5. The molecule has 0 bridgehead atoms. The van der Waals surface area contributed by atoms with E-state index in [1.54, 1.807) is 7.11 Å². The van der Waals surface area contributed by atoms with E-state index in [1.165, 1.54) is 5.52 Å². The van der Waals surface area contributed by atoms with Crippen molar-refractivity contribution in [2.75, 3.05) is 13.7 Å². The quantitative estimate of drug-likeness (QED) is 0.881. The van der Waals surface area contributed by atoms with Gasteiger partial charge >= 0.3 is 0 Å². The van der Waals surface area contributed by atoms with Crippen LogP contribution in [0.25, 0.3) is 11.0 Å². The van der Waals surface area contributed by atoms with Crippen LogP contribution in [0.3, 0.4) is 0 Å². The zero-order valence-electron chi connectivity index (χ0n) is 11.5. The fourth-order valence-corrected chi connectivity index (χ4v) is 2.35. The number of aryl methyl sites for hydroxylation is 1. The van der Waals surface area contributed by atoms with E-state index in [1.807, 2.05) is 18.2 Å². The van der Waals surface area contributed by atoms with Crippen molar-refractivity contribution >= 4 is 11.0 Å². The molecule has 1 aromatic carbocycles. The van der Waals surface area contributed by atoms with Gasteiger partial charge in [-0.2, -0.15) is 0 Å². The number of para-hydroxylation sites is 2. The highest BCUT2D eigenvalue weighted by Crippen LogP contribution is 2.19. The molecule has 2 atom stereocenters. The summed E-state index contributed by atoms with van der Waals surface area (Å²) in [5.74, 6) is 1.05. The monoisotopic (exact) mass is 247 g/mol. The summed E-state index contributed by atoms with van der Waals surface area (Å²) in [4.78, 5) is 4.69. The van der Waals surface area contributed by atoms with Crippen LogP contribution in [0.4, 0.5) is 0 Å². The van der Waals surface area contributed by atoms with Crippen molar-refractivity contribution in [3.8, 4) is 0 Å². The largest absolute Gasteiger partial charge is 0.383 e. The fourth-order valence-electron chi connectivity index (χ4n) is 2.35. The standard InChI is InChI=1S/C14H21N3O/c1-10(9-18-4)15-11(2)14-16-12-7-5-6-8-13(12)17(14)3/h5-8,10-11,15H,9H2,1-4H3. The van der Waals surface area contributed by atoms with Gasteiger partial charge in [0.15, 0.2) is 0 Å². The zero-order chi connectivity index (χ0) is 13.1. The van der Waals surface area contributed by atoms with Gasteiger partial charge < -0.3 is 14.6 Å². The highest BCUT2D eigenvalue weighted by Gasteiger charge is 2.15. The number of aromatic nitrogens is 2. The van der Waals surface area contributed by atoms with E-state index in [2.05, 4.69) is 41.8 Å².